The first-order valence-corrected chi connectivity index (χ1v) is 17.1. The molecule has 0 saturated heterocycles. The highest BCUT2D eigenvalue weighted by Crippen LogP contribution is 2.35. The van der Waals surface area contributed by atoms with Gasteiger partial charge in [0.1, 0.15) is 0 Å². The zero-order valence-corrected chi connectivity index (χ0v) is 25.2. The third-order valence-corrected chi connectivity index (χ3v) is 10.3. The molecule has 0 spiro atoms. The van der Waals surface area contributed by atoms with E-state index in [4.69, 9.17) is 14.6 Å². The largest absolute Gasteiger partial charge is 0.478 e. The monoisotopic (exact) mass is 566 g/mol. The average molecular weight is 567 g/mol. The third-order valence-electron chi connectivity index (χ3n) is 6.72. The first-order chi connectivity index (χ1) is 17.4. The Hall–Kier alpha value is 0.150. The average Bonchev–Trinajstić information content (AvgIpc) is 2.88. The Balaban J connectivity index is 2.26. The first-order valence-electron chi connectivity index (χ1n) is 14.2. The molecule has 1 saturated carbocycles. The van der Waals surface area contributed by atoms with E-state index in [1.165, 1.54) is 101 Å². The van der Waals surface area contributed by atoms with Gasteiger partial charge in [-0.1, -0.05) is 64.7 Å². The van der Waals surface area contributed by atoms with Crippen LogP contribution >= 0.6 is 32.0 Å². The van der Waals surface area contributed by atoms with Crippen molar-refractivity contribution in [3.8, 4) is 0 Å². The number of hydrogen-bond donors (Lipinski definition) is 2. The fourth-order valence-corrected chi connectivity index (χ4v) is 7.32. The van der Waals surface area contributed by atoms with E-state index in [1.807, 2.05) is 0 Å². The van der Waals surface area contributed by atoms with E-state index in [0.717, 1.165) is 5.25 Å². The molecule has 212 valence electrons. The van der Waals surface area contributed by atoms with Crippen molar-refractivity contribution in [2.24, 2.45) is 0 Å². The smallest absolute Gasteiger partial charge is 0.350 e. The summed E-state index contributed by atoms with van der Waals surface area (Å²) < 4.78 is 22.3. The molecule has 3 atom stereocenters. The summed E-state index contributed by atoms with van der Waals surface area (Å²) in [7, 11) is -0.867. The van der Waals surface area contributed by atoms with Crippen LogP contribution in [-0.4, -0.2) is 69.5 Å². The molecule has 0 bridgehead atoms. The second-order valence-electron chi connectivity index (χ2n) is 10.0. The topological polar surface area (TPSA) is 93.1 Å². The third kappa shape index (κ3) is 16.2. The Morgan fingerprint density at radius 3 is 2.33 bits per heavy atom. The van der Waals surface area contributed by atoms with Gasteiger partial charge in [0.25, 0.3) is 5.34 Å². The maximum absolute atomic E-state index is 11.0. The van der Waals surface area contributed by atoms with Gasteiger partial charge in [0.15, 0.2) is 0 Å². The number of unbranched alkanes of at least 4 members (excludes halogenated alkanes) is 6. The van der Waals surface area contributed by atoms with Gasteiger partial charge in [-0.05, 0) is 57.0 Å². The van der Waals surface area contributed by atoms with Crippen molar-refractivity contribution in [3.05, 3.63) is 0 Å². The molecule has 0 heterocycles. The second-order valence-corrected chi connectivity index (χ2v) is 13.7. The summed E-state index contributed by atoms with van der Waals surface area (Å²) in [5.74, 6) is 1.08. The van der Waals surface area contributed by atoms with Crippen LogP contribution in [0.2, 0.25) is 0 Å². The molecule has 1 fully saturated rings. The Labute approximate surface area is 230 Å². The highest BCUT2D eigenvalue weighted by molar-refractivity contribution is 8.00. The molecular weight excluding hydrogens is 515 g/mol. The van der Waals surface area contributed by atoms with Crippen molar-refractivity contribution in [3.63, 3.8) is 0 Å². The molecule has 2 N–H and O–H groups in total. The summed E-state index contributed by atoms with van der Waals surface area (Å²) in [6.45, 7) is 4.73. The number of carboxylic acids is 1. The predicted molar refractivity (Wildman–Crippen MR) is 154 cm³/mol. The standard InChI is InChI=1S/C27H51O6PS2/c1-3-4-12-20-35-21-13-7-5-6-11-17-25(36-24-15-9-8-10-16-24)23(2)33-19-14-18-32-22-27(30,34-31)26(28)29/h23-25,30H,3-22H2,1-2H3,(H,28,29). The normalized spacial score (nSPS) is 18.2. The fraction of sp³-hybridized carbons (Fsp3) is 0.963. The molecule has 3 unspecified atom stereocenters. The van der Waals surface area contributed by atoms with Gasteiger partial charge in [0.05, 0.1) is 12.7 Å². The molecule has 9 heteroatoms. The first kappa shape index (κ1) is 34.2. The highest BCUT2D eigenvalue weighted by Gasteiger charge is 2.37. The SMILES string of the molecule is CCCCCSCCCCCCCC(SC1CCCCC1)C(C)OCCCOCC(O)(P=O)C(=O)O. The second kappa shape index (κ2) is 22.0. The van der Waals surface area contributed by atoms with Crippen molar-refractivity contribution in [1.82, 2.24) is 0 Å². The number of thioether (sulfide) groups is 2. The molecule has 0 aromatic rings. The Morgan fingerprint density at radius 2 is 1.67 bits per heavy atom. The van der Waals surface area contributed by atoms with Gasteiger partial charge in [-0.3, -0.25) is 4.57 Å². The molecule has 1 aliphatic carbocycles. The van der Waals surface area contributed by atoms with Crippen molar-refractivity contribution in [2.45, 2.75) is 132 Å². The molecule has 1 aliphatic rings. The van der Waals surface area contributed by atoms with E-state index < -0.39 is 26.4 Å². The van der Waals surface area contributed by atoms with E-state index >= 15 is 0 Å². The summed E-state index contributed by atoms with van der Waals surface area (Å²) >= 11 is 4.26. The quantitative estimate of drug-likeness (QED) is 0.0913. The molecule has 6 nitrogen and oxygen atoms in total. The van der Waals surface area contributed by atoms with Gasteiger partial charge >= 0.3 is 5.97 Å². The van der Waals surface area contributed by atoms with E-state index in [2.05, 4.69) is 37.4 Å². The molecule has 36 heavy (non-hydrogen) atoms. The lowest BCUT2D eigenvalue weighted by Crippen LogP contribution is -2.37. The van der Waals surface area contributed by atoms with Crippen LogP contribution in [0.1, 0.15) is 110 Å². The van der Waals surface area contributed by atoms with Gasteiger partial charge in [-0.15, -0.1) is 0 Å². The number of carbonyl (C=O) groups is 1. The number of hydrogen-bond acceptors (Lipinski definition) is 7. The van der Waals surface area contributed by atoms with Crippen molar-refractivity contribution < 1.29 is 29.0 Å². The Morgan fingerprint density at radius 1 is 1.00 bits per heavy atom. The van der Waals surface area contributed by atoms with Crippen LogP contribution in [-0.2, 0) is 18.8 Å². The Kier molecular flexibility index (Phi) is 20.9. The van der Waals surface area contributed by atoms with Crippen LogP contribution in [0.25, 0.3) is 0 Å². The van der Waals surface area contributed by atoms with Gasteiger partial charge in [-0.25, -0.2) is 4.79 Å². The summed E-state index contributed by atoms with van der Waals surface area (Å²) in [5.41, 5.74) is 0. The lowest BCUT2D eigenvalue weighted by atomic mass is 10.0. The number of aliphatic hydroxyl groups is 1. The molecule has 0 aromatic heterocycles. The predicted octanol–water partition coefficient (Wildman–Crippen LogP) is 7.56. The van der Waals surface area contributed by atoms with Crippen molar-refractivity contribution >= 4 is 38.0 Å². The van der Waals surface area contributed by atoms with Gasteiger partial charge in [0.2, 0.25) is 8.46 Å². The van der Waals surface area contributed by atoms with Gasteiger partial charge < -0.3 is 19.7 Å². The summed E-state index contributed by atoms with van der Waals surface area (Å²) in [6, 6.07) is 0. The number of carboxylic acid groups (broad SMARTS) is 1. The number of rotatable bonds is 24. The van der Waals surface area contributed by atoms with E-state index in [9.17, 15) is 14.5 Å². The highest BCUT2D eigenvalue weighted by atomic mass is 32.2. The van der Waals surface area contributed by atoms with Gasteiger partial charge in [-0.2, -0.15) is 23.5 Å². The van der Waals surface area contributed by atoms with Crippen molar-refractivity contribution in [2.75, 3.05) is 31.3 Å². The zero-order chi connectivity index (χ0) is 26.5. The van der Waals surface area contributed by atoms with Crippen LogP contribution in [0.15, 0.2) is 0 Å². The summed E-state index contributed by atoms with van der Waals surface area (Å²) in [6.07, 6.45) is 19.3. The molecule has 0 aromatic carbocycles. The Bertz CT molecular complexity index is 564. The van der Waals surface area contributed by atoms with Crippen LogP contribution in [0, 0.1) is 0 Å². The van der Waals surface area contributed by atoms with E-state index in [0.29, 0.717) is 18.3 Å². The minimum absolute atomic E-state index is 0.160. The minimum atomic E-state index is -2.37. The van der Waals surface area contributed by atoms with Crippen LogP contribution < -0.4 is 0 Å². The molecule has 0 aliphatic heterocycles. The summed E-state index contributed by atoms with van der Waals surface area (Å²) in [5, 5.41) is 17.5. The minimum Gasteiger partial charge on any atom is -0.478 e. The summed E-state index contributed by atoms with van der Waals surface area (Å²) in [4.78, 5) is 11.0. The van der Waals surface area contributed by atoms with E-state index in [-0.39, 0.29) is 12.7 Å². The molecule has 0 radical (unpaired) electrons. The van der Waals surface area contributed by atoms with E-state index in [1.54, 1.807) is 0 Å². The van der Waals surface area contributed by atoms with Crippen LogP contribution in [0.5, 0.6) is 0 Å². The zero-order valence-electron chi connectivity index (χ0n) is 22.7. The lowest BCUT2D eigenvalue weighted by molar-refractivity contribution is -0.154. The van der Waals surface area contributed by atoms with Crippen molar-refractivity contribution in [1.29, 1.82) is 0 Å². The van der Waals surface area contributed by atoms with Crippen LogP contribution in [0.4, 0.5) is 0 Å². The maximum Gasteiger partial charge on any atom is 0.350 e. The number of aliphatic carboxylic acids is 1. The maximum atomic E-state index is 11.0. The van der Waals surface area contributed by atoms with Crippen LogP contribution in [0.3, 0.4) is 0 Å². The molecule has 1 rings (SSSR count). The lowest BCUT2D eigenvalue weighted by Gasteiger charge is -2.30. The number of ether oxygens (including phenoxy) is 2. The fourth-order valence-electron chi connectivity index (χ4n) is 4.38. The molecular formula is C27H51O6PS2. The molecule has 0 amide bonds. The van der Waals surface area contributed by atoms with Gasteiger partial charge in [0, 0.05) is 23.7 Å².